The second-order valence-electron chi connectivity index (χ2n) is 7.36. The number of fused-ring (bicyclic) bond motifs is 2. The van der Waals surface area contributed by atoms with Gasteiger partial charge >= 0.3 is 0 Å². The first-order valence-electron chi connectivity index (χ1n) is 7.88. The molecule has 2 unspecified atom stereocenters. The van der Waals surface area contributed by atoms with Crippen LogP contribution in [0.2, 0.25) is 0 Å². The van der Waals surface area contributed by atoms with Gasteiger partial charge in [0.05, 0.1) is 10.3 Å². The van der Waals surface area contributed by atoms with Crippen molar-refractivity contribution in [1.82, 2.24) is 4.31 Å². The summed E-state index contributed by atoms with van der Waals surface area (Å²) in [4.78, 5) is 36.7. The SMILES string of the molecule is CC12CCC(C(=O)N(S(=O)(=O)c3ccc(C(=O)Cl)cc3)C1=O)C2(C)C. The van der Waals surface area contributed by atoms with Gasteiger partial charge in [-0.05, 0) is 54.1 Å². The van der Waals surface area contributed by atoms with E-state index in [4.69, 9.17) is 11.6 Å². The zero-order chi connectivity index (χ0) is 18.8. The molecule has 6 nitrogen and oxygen atoms in total. The maximum atomic E-state index is 13.0. The number of hydrogen-bond acceptors (Lipinski definition) is 5. The summed E-state index contributed by atoms with van der Waals surface area (Å²) in [6, 6.07) is 4.85. The van der Waals surface area contributed by atoms with E-state index in [0.29, 0.717) is 17.1 Å². The zero-order valence-electron chi connectivity index (χ0n) is 14.1. The van der Waals surface area contributed by atoms with E-state index in [0.717, 1.165) is 0 Å². The summed E-state index contributed by atoms with van der Waals surface area (Å²) in [5.41, 5.74) is -1.38. The molecule has 25 heavy (non-hydrogen) atoms. The lowest BCUT2D eigenvalue weighted by Crippen LogP contribution is -2.60. The quantitative estimate of drug-likeness (QED) is 0.591. The van der Waals surface area contributed by atoms with Gasteiger partial charge < -0.3 is 0 Å². The molecule has 2 fully saturated rings. The molecule has 2 aliphatic rings. The van der Waals surface area contributed by atoms with Crippen LogP contribution in [-0.4, -0.2) is 29.8 Å². The standard InChI is InChI=1S/C17H18ClNO5S/c1-16(2)12-8-9-17(16,3)15(22)19(14(12)21)25(23,24)11-6-4-10(5-7-11)13(18)20/h4-7,12H,8-9H2,1-3H3. The molecule has 1 aliphatic carbocycles. The molecule has 0 N–H and O–H groups in total. The van der Waals surface area contributed by atoms with Gasteiger partial charge in [0, 0.05) is 11.5 Å². The highest BCUT2D eigenvalue weighted by Gasteiger charge is 2.66. The van der Waals surface area contributed by atoms with Crippen molar-refractivity contribution in [1.29, 1.82) is 0 Å². The van der Waals surface area contributed by atoms with Gasteiger partial charge in [-0.2, -0.15) is 4.31 Å². The molecule has 1 aromatic rings. The van der Waals surface area contributed by atoms with Crippen molar-refractivity contribution >= 4 is 38.7 Å². The van der Waals surface area contributed by atoms with Gasteiger partial charge in [0.25, 0.3) is 15.3 Å². The van der Waals surface area contributed by atoms with Crippen molar-refractivity contribution in [3.05, 3.63) is 29.8 Å². The average Bonchev–Trinajstić information content (AvgIpc) is 2.71. The van der Waals surface area contributed by atoms with Gasteiger partial charge in [0.2, 0.25) is 11.8 Å². The van der Waals surface area contributed by atoms with Crippen LogP contribution < -0.4 is 0 Å². The molecule has 1 aliphatic heterocycles. The van der Waals surface area contributed by atoms with E-state index in [1.54, 1.807) is 6.92 Å². The van der Waals surface area contributed by atoms with Crippen LogP contribution >= 0.6 is 11.6 Å². The van der Waals surface area contributed by atoms with Gasteiger partial charge in [-0.25, -0.2) is 8.42 Å². The van der Waals surface area contributed by atoms with Crippen LogP contribution in [0.15, 0.2) is 29.2 Å². The molecule has 0 radical (unpaired) electrons. The number of rotatable bonds is 3. The minimum absolute atomic E-state index is 0.130. The highest BCUT2D eigenvalue weighted by Crippen LogP contribution is 2.60. The number of imide groups is 1. The van der Waals surface area contributed by atoms with Crippen LogP contribution in [0.25, 0.3) is 0 Å². The number of carbonyl (C=O) groups is 3. The van der Waals surface area contributed by atoms with Gasteiger partial charge in [-0.15, -0.1) is 0 Å². The lowest BCUT2D eigenvalue weighted by Gasteiger charge is -2.46. The minimum Gasteiger partial charge on any atom is -0.276 e. The third-order valence-corrected chi connectivity index (χ3v) is 7.91. The molecule has 1 saturated carbocycles. The first kappa shape index (κ1) is 18.1. The number of benzene rings is 1. The Kier molecular flexibility index (Phi) is 3.89. The number of halogens is 1. The van der Waals surface area contributed by atoms with Gasteiger partial charge in [0.15, 0.2) is 0 Å². The molecule has 8 heteroatoms. The predicted molar refractivity (Wildman–Crippen MR) is 90.3 cm³/mol. The summed E-state index contributed by atoms with van der Waals surface area (Å²) in [5.74, 6) is -1.88. The topological polar surface area (TPSA) is 88.6 Å². The van der Waals surface area contributed by atoms with Crippen molar-refractivity contribution in [3.8, 4) is 0 Å². The fraction of sp³-hybridized carbons (Fsp3) is 0.471. The molecular weight excluding hydrogens is 366 g/mol. The monoisotopic (exact) mass is 383 g/mol. The summed E-state index contributed by atoms with van der Waals surface area (Å²) in [5, 5.41) is -0.721. The third kappa shape index (κ3) is 2.29. The van der Waals surface area contributed by atoms with E-state index >= 15 is 0 Å². The number of hydrogen-bond donors (Lipinski definition) is 0. The maximum absolute atomic E-state index is 13.0. The molecule has 2 bridgehead atoms. The highest BCUT2D eigenvalue weighted by atomic mass is 35.5. The van der Waals surface area contributed by atoms with Crippen LogP contribution in [0.4, 0.5) is 0 Å². The van der Waals surface area contributed by atoms with Crippen LogP contribution in [0.1, 0.15) is 44.0 Å². The van der Waals surface area contributed by atoms with E-state index in [1.165, 1.54) is 24.3 Å². The van der Waals surface area contributed by atoms with E-state index in [1.807, 2.05) is 13.8 Å². The molecule has 0 aromatic heterocycles. The molecular formula is C17H18ClNO5S. The molecule has 2 amide bonds. The summed E-state index contributed by atoms with van der Waals surface area (Å²) in [6.45, 7) is 5.40. The largest absolute Gasteiger partial charge is 0.276 e. The Balaban J connectivity index is 2.08. The normalized spacial score (nSPS) is 28.3. The van der Waals surface area contributed by atoms with Crippen LogP contribution in [-0.2, 0) is 19.6 Å². The zero-order valence-corrected chi connectivity index (χ0v) is 15.6. The number of nitrogens with zero attached hydrogens (tertiary/aromatic N) is 1. The highest BCUT2D eigenvalue weighted by molar-refractivity contribution is 7.90. The molecule has 1 aromatic carbocycles. The van der Waals surface area contributed by atoms with Gasteiger partial charge in [-0.1, -0.05) is 20.8 Å². The number of carbonyl (C=O) groups excluding carboxylic acids is 3. The number of sulfonamides is 1. The van der Waals surface area contributed by atoms with Gasteiger partial charge in [-0.3, -0.25) is 14.4 Å². The van der Waals surface area contributed by atoms with E-state index in [9.17, 15) is 22.8 Å². The Morgan fingerprint density at radius 3 is 2.24 bits per heavy atom. The summed E-state index contributed by atoms with van der Waals surface area (Å²) < 4.78 is 26.3. The third-order valence-electron chi connectivity index (χ3n) is 6.00. The number of piperidine rings is 1. The van der Waals surface area contributed by atoms with Crippen LogP contribution in [0.5, 0.6) is 0 Å². The molecule has 134 valence electrons. The Morgan fingerprint density at radius 2 is 1.72 bits per heavy atom. The van der Waals surface area contributed by atoms with Crippen molar-refractivity contribution in [2.45, 2.75) is 38.5 Å². The first-order valence-corrected chi connectivity index (χ1v) is 9.70. The second kappa shape index (κ2) is 5.38. The lowest BCUT2D eigenvalue weighted by molar-refractivity contribution is -0.160. The minimum atomic E-state index is -4.34. The summed E-state index contributed by atoms with van der Waals surface area (Å²) in [6.07, 6.45) is 0.959. The number of amides is 2. The summed E-state index contributed by atoms with van der Waals surface area (Å²) >= 11 is 5.35. The van der Waals surface area contributed by atoms with Gasteiger partial charge in [0.1, 0.15) is 0 Å². The second-order valence-corrected chi connectivity index (χ2v) is 9.49. The van der Waals surface area contributed by atoms with E-state index < -0.39 is 43.8 Å². The van der Waals surface area contributed by atoms with Crippen LogP contribution in [0.3, 0.4) is 0 Å². The molecule has 1 saturated heterocycles. The smallest absolute Gasteiger partial charge is 0.273 e. The molecule has 3 rings (SSSR count). The van der Waals surface area contributed by atoms with E-state index in [2.05, 4.69) is 0 Å². The first-order chi connectivity index (χ1) is 11.4. The molecule has 1 heterocycles. The van der Waals surface area contributed by atoms with Crippen molar-refractivity contribution < 1.29 is 22.8 Å². The Labute approximate surface area is 151 Å². The molecule has 2 atom stereocenters. The molecule has 0 spiro atoms. The van der Waals surface area contributed by atoms with Crippen molar-refractivity contribution in [2.24, 2.45) is 16.7 Å². The maximum Gasteiger partial charge on any atom is 0.273 e. The Hall–Kier alpha value is -1.73. The van der Waals surface area contributed by atoms with Crippen molar-refractivity contribution in [2.75, 3.05) is 0 Å². The lowest BCUT2D eigenvalue weighted by atomic mass is 9.63. The Bertz CT molecular complexity index is 890. The van der Waals surface area contributed by atoms with E-state index in [-0.39, 0.29) is 10.5 Å². The van der Waals surface area contributed by atoms with Crippen LogP contribution in [0, 0.1) is 16.7 Å². The summed E-state index contributed by atoms with van der Waals surface area (Å²) in [7, 11) is -4.34. The fourth-order valence-corrected chi connectivity index (χ4v) is 5.47. The average molecular weight is 384 g/mol. The van der Waals surface area contributed by atoms with Crippen molar-refractivity contribution in [3.63, 3.8) is 0 Å². The predicted octanol–water partition coefficient (Wildman–Crippen LogP) is 2.57. The Morgan fingerprint density at radius 1 is 1.16 bits per heavy atom. The fourth-order valence-electron chi connectivity index (χ4n) is 3.87.